The number of esters is 2. The van der Waals surface area contributed by atoms with Crippen LogP contribution < -0.4 is 5.73 Å². The highest BCUT2D eigenvalue weighted by Gasteiger charge is 2.31. The molecular weight excluding hydrogens is 262 g/mol. The highest BCUT2D eigenvalue weighted by Crippen LogP contribution is 2.21. The zero-order chi connectivity index (χ0) is 15.5. The summed E-state index contributed by atoms with van der Waals surface area (Å²) in [5, 5.41) is 4.14. The monoisotopic (exact) mass is 283 g/mol. The molecule has 0 aliphatic heterocycles. The molecule has 0 aliphatic carbocycles. The number of rotatable bonds is 5. The summed E-state index contributed by atoms with van der Waals surface area (Å²) in [6, 6.07) is 0. The number of nitrogens with zero attached hydrogens (tertiary/aromatic N) is 2. The second-order valence-electron chi connectivity index (χ2n) is 5.14. The first-order chi connectivity index (χ1) is 9.24. The Morgan fingerprint density at radius 1 is 1.40 bits per heavy atom. The Balaban J connectivity index is 2.83. The van der Waals surface area contributed by atoms with Crippen molar-refractivity contribution in [1.29, 1.82) is 0 Å². The molecule has 0 bridgehead atoms. The Morgan fingerprint density at radius 3 is 2.45 bits per heavy atom. The molecule has 0 amide bonds. The van der Waals surface area contributed by atoms with E-state index >= 15 is 0 Å². The van der Waals surface area contributed by atoms with Gasteiger partial charge in [0.1, 0.15) is 6.61 Å². The van der Waals surface area contributed by atoms with Crippen molar-refractivity contribution in [2.45, 2.75) is 27.2 Å². The van der Waals surface area contributed by atoms with E-state index in [1.807, 2.05) is 6.92 Å². The number of hydrogen-bond donors (Lipinski definition) is 1. The van der Waals surface area contributed by atoms with Gasteiger partial charge in [0.05, 0.1) is 23.9 Å². The molecule has 2 N–H and O–H groups in total. The Morgan fingerprint density at radius 2 is 2.00 bits per heavy atom. The summed E-state index contributed by atoms with van der Waals surface area (Å²) in [6.45, 7) is 5.07. The molecule has 0 saturated heterocycles. The van der Waals surface area contributed by atoms with E-state index < -0.39 is 17.4 Å². The zero-order valence-electron chi connectivity index (χ0n) is 12.5. The van der Waals surface area contributed by atoms with Gasteiger partial charge in [-0.05, 0) is 20.3 Å². The molecule has 0 aliphatic rings. The SMILES string of the molecule is CCc1nn(C)c(C(=O)OCC(C)(C)C(=O)OC)c1N. The van der Waals surface area contributed by atoms with Gasteiger partial charge in [-0.1, -0.05) is 6.92 Å². The topological polar surface area (TPSA) is 96.4 Å². The normalized spacial score (nSPS) is 11.2. The molecule has 7 heteroatoms. The first-order valence-electron chi connectivity index (χ1n) is 6.31. The highest BCUT2D eigenvalue weighted by molar-refractivity contribution is 5.94. The molecule has 7 nitrogen and oxygen atoms in total. The highest BCUT2D eigenvalue weighted by atomic mass is 16.5. The second kappa shape index (κ2) is 5.94. The van der Waals surface area contributed by atoms with Crippen LogP contribution in [0.2, 0.25) is 0 Å². The van der Waals surface area contributed by atoms with Crippen molar-refractivity contribution in [2.24, 2.45) is 12.5 Å². The molecule has 1 aromatic heterocycles. The lowest BCUT2D eigenvalue weighted by molar-refractivity contribution is -0.152. The third kappa shape index (κ3) is 3.09. The van der Waals surface area contributed by atoms with E-state index in [2.05, 4.69) is 9.84 Å². The van der Waals surface area contributed by atoms with Crippen LogP contribution in [0.5, 0.6) is 0 Å². The summed E-state index contributed by atoms with van der Waals surface area (Å²) in [5.74, 6) is -1.05. The van der Waals surface area contributed by atoms with Gasteiger partial charge in [-0.15, -0.1) is 0 Å². The maximum atomic E-state index is 12.1. The van der Waals surface area contributed by atoms with E-state index in [0.717, 1.165) is 0 Å². The molecule has 1 heterocycles. The first kappa shape index (κ1) is 16.0. The van der Waals surface area contributed by atoms with Crippen LogP contribution >= 0.6 is 0 Å². The van der Waals surface area contributed by atoms with Crippen LogP contribution in [0.1, 0.15) is 37.0 Å². The lowest BCUT2D eigenvalue weighted by Crippen LogP contribution is -2.32. The summed E-state index contributed by atoms with van der Waals surface area (Å²) >= 11 is 0. The maximum Gasteiger partial charge on any atom is 0.358 e. The summed E-state index contributed by atoms with van der Waals surface area (Å²) in [4.78, 5) is 23.6. The summed E-state index contributed by atoms with van der Waals surface area (Å²) in [6.07, 6.45) is 0.626. The smallest absolute Gasteiger partial charge is 0.358 e. The Labute approximate surface area is 118 Å². The molecule has 0 spiro atoms. The van der Waals surface area contributed by atoms with E-state index in [4.69, 9.17) is 10.5 Å². The number of anilines is 1. The molecule has 0 saturated carbocycles. The molecule has 1 aromatic rings. The largest absolute Gasteiger partial charge is 0.469 e. The third-order valence-corrected chi connectivity index (χ3v) is 2.99. The minimum atomic E-state index is -0.911. The molecule has 112 valence electrons. The lowest BCUT2D eigenvalue weighted by Gasteiger charge is -2.20. The van der Waals surface area contributed by atoms with Crippen molar-refractivity contribution in [2.75, 3.05) is 19.5 Å². The molecule has 0 aromatic carbocycles. The van der Waals surface area contributed by atoms with Crippen molar-refractivity contribution in [3.05, 3.63) is 11.4 Å². The fourth-order valence-corrected chi connectivity index (χ4v) is 1.75. The van der Waals surface area contributed by atoms with Crippen molar-refractivity contribution < 1.29 is 19.1 Å². The number of hydrogen-bond acceptors (Lipinski definition) is 6. The standard InChI is InChI=1S/C13H21N3O4/c1-6-8-9(14)10(16(4)15-8)11(17)20-7-13(2,3)12(18)19-5/h6-7,14H2,1-5H3. The minimum absolute atomic E-state index is 0.0927. The second-order valence-corrected chi connectivity index (χ2v) is 5.14. The number of aryl methyl sites for hydroxylation is 2. The average Bonchev–Trinajstić information content (AvgIpc) is 2.69. The number of nitrogen functional groups attached to an aromatic ring is 1. The molecule has 1 rings (SSSR count). The van der Waals surface area contributed by atoms with Crippen LogP contribution in [-0.2, 0) is 27.7 Å². The number of aromatic nitrogens is 2. The number of carbonyl (C=O) groups excluding carboxylic acids is 2. The summed E-state index contributed by atoms with van der Waals surface area (Å²) in [5.41, 5.74) is 6.11. The van der Waals surface area contributed by atoms with E-state index in [9.17, 15) is 9.59 Å². The molecular formula is C13H21N3O4. The van der Waals surface area contributed by atoms with E-state index in [-0.39, 0.29) is 12.3 Å². The molecule has 0 atom stereocenters. The predicted molar refractivity (Wildman–Crippen MR) is 73.1 cm³/mol. The van der Waals surface area contributed by atoms with Crippen molar-refractivity contribution in [1.82, 2.24) is 9.78 Å². The number of ether oxygens (including phenoxy) is 2. The quantitative estimate of drug-likeness (QED) is 0.807. The maximum absolute atomic E-state index is 12.1. The van der Waals surface area contributed by atoms with Gasteiger partial charge in [0, 0.05) is 7.05 Å². The van der Waals surface area contributed by atoms with Crippen LogP contribution in [0.3, 0.4) is 0 Å². The van der Waals surface area contributed by atoms with Crippen LogP contribution in [0.25, 0.3) is 0 Å². The van der Waals surface area contributed by atoms with Crippen LogP contribution in [0.4, 0.5) is 5.69 Å². The lowest BCUT2D eigenvalue weighted by atomic mass is 9.95. The third-order valence-electron chi connectivity index (χ3n) is 2.99. The molecule has 0 fully saturated rings. The first-order valence-corrected chi connectivity index (χ1v) is 6.31. The van der Waals surface area contributed by atoms with Crippen LogP contribution in [0.15, 0.2) is 0 Å². The van der Waals surface area contributed by atoms with Crippen molar-refractivity contribution in [3.8, 4) is 0 Å². The van der Waals surface area contributed by atoms with Gasteiger partial charge in [0.25, 0.3) is 0 Å². The van der Waals surface area contributed by atoms with Gasteiger partial charge in [0.15, 0.2) is 5.69 Å². The van der Waals surface area contributed by atoms with E-state index in [0.29, 0.717) is 17.8 Å². The Hall–Kier alpha value is -2.05. The Kier molecular flexibility index (Phi) is 4.75. The summed E-state index contributed by atoms with van der Waals surface area (Å²) in [7, 11) is 2.91. The Bertz CT molecular complexity index is 520. The average molecular weight is 283 g/mol. The zero-order valence-corrected chi connectivity index (χ0v) is 12.5. The molecule has 0 radical (unpaired) electrons. The molecule has 20 heavy (non-hydrogen) atoms. The number of methoxy groups -OCH3 is 1. The van der Waals surface area contributed by atoms with E-state index in [1.165, 1.54) is 11.8 Å². The van der Waals surface area contributed by atoms with E-state index in [1.54, 1.807) is 20.9 Å². The summed E-state index contributed by atoms with van der Waals surface area (Å²) < 4.78 is 11.2. The van der Waals surface area contributed by atoms with Crippen LogP contribution in [-0.4, -0.2) is 35.4 Å². The fraction of sp³-hybridized carbons (Fsp3) is 0.615. The fourth-order valence-electron chi connectivity index (χ4n) is 1.75. The minimum Gasteiger partial charge on any atom is -0.469 e. The predicted octanol–water partition coefficient (Wildman–Crippen LogP) is 0.921. The number of nitrogens with two attached hydrogens (primary N) is 1. The van der Waals surface area contributed by atoms with Gasteiger partial charge in [0.2, 0.25) is 0 Å². The van der Waals surface area contributed by atoms with Gasteiger partial charge < -0.3 is 15.2 Å². The van der Waals surface area contributed by atoms with Gasteiger partial charge >= 0.3 is 11.9 Å². The van der Waals surface area contributed by atoms with Gasteiger partial charge in [-0.2, -0.15) is 5.10 Å². The van der Waals surface area contributed by atoms with Crippen molar-refractivity contribution in [3.63, 3.8) is 0 Å². The number of carbonyl (C=O) groups is 2. The molecule has 0 unspecified atom stereocenters. The van der Waals surface area contributed by atoms with Gasteiger partial charge in [-0.25, -0.2) is 4.79 Å². The van der Waals surface area contributed by atoms with Crippen molar-refractivity contribution >= 4 is 17.6 Å². The van der Waals surface area contributed by atoms with Gasteiger partial charge in [-0.3, -0.25) is 9.48 Å². The van der Waals surface area contributed by atoms with Crippen LogP contribution in [0, 0.1) is 5.41 Å².